The lowest BCUT2D eigenvalue weighted by Gasteiger charge is -2.12. The summed E-state index contributed by atoms with van der Waals surface area (Å²) in [5.74, 6) is 0.133. The number of pyridine rings is 1. The van der Waals surface area contributed by atoms with Crippen molar-refractivity contribution in [3.05, 3.63) is 65.5 Å². The van der Waals surface area contributed by atoms with Gasteiger partial charge in [0, 0.05) is 24.5 Å². The van der Waals surface area contributed by atoms with Gasteiger partial charge in [0.1, 0.15) is 0 Å². The van der Waals surface area contributed by atoms with Gasteiger partial charge in [-0.05, 0) is 34.4 Å². The van der Waals surface area contributed by atoms with Crippen LogP contribution in [0.15, 0.2) is 48.8 Å². The Balaban J connectivity index is 1.95. The molecule has 0 radical (unpaired) electrons. The Morgan fingerprint density at radius 1 is 1.00 bits per heavy atom. The van der Waals surface area contributed by atoms with Crippen LogP contribution < -0.4 is 5.32 Å². The number of carbonyl (C=O) groups excluding carboxylic acids is 1. The molecule has 2 aromatic heterocycles. The lowest BCUT2D eigenvalue weighted by molar-refractivity contribution is 0.0994. The van der Waals surface area contributed by atoms with E-state index in [1.165, 1.54) is 0 Å². The van der Waals surface area contributed by atoms with Crippen LogP contribution in [0, 0.1) is 0 Å². The van der Waals surface area contributed by atoms with Crippen LogP contribution in [0.2, 0.25) is 0 Å². The van der Waals surface area contributed by atoms with E-state index in [1.807, 2.05) is 47.1 Å². The minimum atomic E-state index is 0.0467. The summed E-state index contributed by atoms with van der Waals surface area (Å²) < 4.78 is 2.02. The van der Waals surface area contributed by atoms with E-state index in [2.05, 4.69) is 11.4 Å². The maximum Gasteiger partial charge on any atom is 0.178 e. The molecule has 2 N–H and O–H groups in total. The molecule has 0 bridgehead atoms. The Morgan fingerprint density at radius 3 is 2.45 bits per heavy atom. The summed E-state index contributed by atoms with van der Waals surface area (Å²) in [6, 6.07) is 11.9. The molecule has 0 atom stereocenters. The highest BCUT2D eigenvalue weighted by atomic mass is 16.3. The maximum atomic E-state index is 12.2. The summed E-state index contributed by atoms with van der Waals surface area (Å²) in [7, 11) is 0. The fourth-order valence-electron chi connectivity index (χ4n) is 3.13. The monoisotopic (exact) mass is 292 g/mol. The average Bonchev–Trinajstić information content (AvgIpc) is 2.92. The quantitative estimate of drug-likeness (QED) is 0.762. The molecule has 0 aliphatic carbocycles. The number of nitrogens with zero attached hydrogens (tertiary/aromatic N) is 1. The molecule has 3 heterocycles. The first-order valence-electron chi connectivity index (χ1n) is 7.34. The molecular weight excluding hydrogens is 276 g/mol. The fraction of sp³-hybridized carbons (Fsp3) is 0.167. The van der Waals surface area contributed by atoms with Crippen molar-refractivity contribution in [2.75, 3.05) is 6.54 Å². The van der Waals surface area contributed by atoms with Crippen LogP contribution in [-0.2, 0) is 13.2 Å². The van der Waals surface area contributed by atoms with E-state index in [-0.39, 0.29) is 12.4 Å². The van der Waals surface area contributed by atoms with Gasteiger partial charge in [-0.1, -0.05) is 24.3 Å². The average molecular weight is 292 g/mol. The molecule has 0 saturated carbocycles. The first-order chi connectivity index (χ1) is 10.8. The summed E-state index contributed by atoms with van der Waals surface area (Å²) in [4.78, 5) is 12.2. The van der Waals surface area contributed by atoms with E-state index in [1.54, 1.807) is 0 Å². The zero-order valence-corrected chi connectivity index (χ0v) is 12.0. The number of Topliss-reactive ketones (excluding diaryl/α,β-unsaturated/α-hetero) is 1. The van der Waals surface area contributed by atoms with Crippen LogP contribution in [0.1, 0.15) is 21.5 Å². The van der Waals surface area contributed by atoms with E-state index in [0.717, 1.165) is 33.3 Å². The van der Waals surface area contributed by atoms with E-state index in [9.17, 15) is 9.90 Å². The highest BCUT2D eigenvalue weighted by Crippen LogP contribution is 2.31. The minimum Gasteiger partial charge on any atom is -0.392 e. The molecule has 0 saturated heterocycles. The van der Waals surface area contributed by atoms with Gasteiger partial charge in [-0.2, -0.15) is 0 Å². The van der Waals surface area contributed by atoms with E-state index < -0.39 is 0 Å². The Bertz CT molecular complexity index is 863. The van der Waals surface area contributed by atoms with Crippen molar-refractivity contribution in [2.24, 2.45) is 0 Å². The molecule has 0 amide bonds. The van der Waals surface area contributed by atoms with Crippen molar-refractivity contribution in [1.29, 1.82) is 0 Å². The van der Waals surface area contributed by atoms with Crippen LogP contribution in [0.25, 0.3) is 16.6 Å². The largest absolute Gasteiger partial charge is 0.392 e. The van der Waals surface area contributed by atoms with Gasteiger partial charge in [-0.25, -0.2) is 0 Å². The second-order valence-electron chi connectivity index (χ2n) is 5.58. The Hall–Kier alpha value is -2.43. The molecule has 0 fully saturated rings. The minimum absolute atomic E-state index is 0.0467. The second-order valence-corrected chi connectivity index (χ2v) is 5.58. The second kappa shape index (κ2) is 5.09. The topological polar surface area (TPSA) is 53.7 Å². The Labute approximate surface area is 128 Å². The zero-order chi connectivity index (χ0) is 15.1. The molecule has 1 aromatic carbocycles. The zero-order valence-electron chi connectivity index (χ0n) is 12.0. The number of hydrogen-bond donors (Lipinski definition) is 2. The van der Waals surface area contributed by atoms with Crippen molar-refractivity contribution >= 4 is 11.3 Å². The number of nitrogens with one attached hydrogen (secondary N) is 1. The normalized spacial score (nSPS) is 14.3. The fourth-order valence-corrected chi connectivity index (χ4v) is 3.13. The van der Waals surface area contributed by atoms with Gasteiger partial charge < -0.3 is 14.8 Å². The summed E-state index contributed by atoms with van der Waals surface area (Å²) in [6.45, 7) is 1.09. The number of ketones is 1. The molecule has 3 aromatic rings. The molecular formula is C18H16N2O2. The summed E-state index contributed by atoms with van der Waals surface area (Å²) in [5, 5.41) is 12.4. The van der Waals surface area contributed by atoms with Gasteiger partial charge in [0.05, 0.1) is 18.7 Å². The van der Waals surface area contributed by atoms with Crippen molar-refractivity contribution in [1.82, 2.24) is 9.72 Å². The summed E-state index contributed by atoms with van der Waals surface area (Å²) in [6.07, 6.45) is 3.94. The van der Waals surface area contributed by atoms with E-state index in [4.69, 9.17) is 0 Å². The van der Waals surface area contributed by atoms with Crippen LogP contribution in [-0.4, -0.2) is 21.8 Å². The molecule has 4 heteroatoms. The first kappa shape index (κ1) is 13.2. The van der Waals surface area contributed by atoms with Gasteiger partial charge >= 0.3 is 0 Å². The van der Waals surface area contributed by atoms with Gasteiger partial charge in [-0.15, -0.1) is 0 Å². The van der Waals surface area contributed by atoms with Crippen molar-refractivity contribution in [3.63, 3.8) is 0 Å². The molecule has 110 valence electrons. The lowest BCUT2D eigenvalue weighted by atomic mass is 9.98. The van der Waals surface area contributed by atoms with Gasteiger partial charge in [0.15, 0.2) is 5.78 Å². The number of carbonyl (C=O) groups is 1. The highest BCUT2D eigenvalue weighted by Gasteiger charge is 2.20. The number of benzene rings is 1. The van der Waals surface area contributed by atoms with Gasteiger partial charge in [0.25, 0.3) is 0 Å². The van der Waals surface area contributed by atoms with Crippen molar-refractivity contribution in [2.45, 2.75) is 13.2 Å². The number of rotatable bonds is 2. The number of hydrogen-bond acceptors (Lipinski definition) is 3. The van der Waals surface area contributed by atoms with Crippen molar-refractivity contribution < 1.29 is 9.90 Å². The maximum absolute atomic E-state index is 12.2. The predicted molar refractivity (Wildman–Crippen MR) is 84.8 cm³/mol. The smallest absolute Gasteiger partial charge is 0.178 e. The third kappa shape index (κ3) is 1.96. The van der Waals surface area contributed by atoms with Crippen LogP contribution >= 0.6 is 0 Å². The Morgan fingerprint density at radius 2 is 1.73 bits per heavy atom. The molecule has 0 unspecified atom stereocenters. The molecule has 1 aliphatic heterocycles. The lowest BCUT2D eigenvalue weighted by Crippen LogP contribution is -2.19. The Kier molecular flexibility index (Phi) is 3.06. The number of aromatic nitrogens is 1. The molecule has 4 nitrogen and oxygen atoms in total. The predicted octanol–water partition coefficient (Wildman–Crippen LogP) is 2.38. The highest BCUT2D eigenvalue weighted by molar-refractivity contribution is 6.06. The van der Waals surface area contributed by atoms with Crippen LogP contribution in [0.4, 0.5) is 0 Å². The van der Waals surface area contributed by atoms with E-state index >= 15 is 0 Å². The van der Waals surface area contributed by atoms with Gasteiger partial charge in [0.2, 0.25) is 0 Å². The summed E-state index contributed by atoms with van der Waals surface area (Å²) >= 11 is 0. The van der Waals surface area contributed by atoms with Crippen LogP contribution in [0.5, 0.6) is 0 Å². The molecule has 0 spiro atoms. The SMILES string of the molecule is O=C1CNCc2c(-c3ccc(CO)cc3)ccn3ccc1c23. The first-order valence-corrected chi connectivity index (χ1v) is 7.34. The van der Waals surface area contributed by atoms with Gasteiger partial charge in [-0.3, -0.25) is 4.79 Å². The molecule has 4 rings (SSSR count). The summed E-state index contributed by atoms with van der Waals surface area (Å²) in [5.41, 5.74) is 6.04. The third-order valence-electron chi connectivity index (χ3n) is 4.26. The van der Waals surface area contributed by atoms with E-state index in [0.29, 0.717) is 13.1 Å². The molecule has 1 aliphatic rings. The van der Waals surface area contributed by atoms with Crippen LogP contribution in [0.3, 0.4) is 0 Å². The van der Waals surface area contributed by atoms with Crippen molar-refractivity contribution in [3.8, 4) is 11.1 Å². The molecule has 22 heavy (non-hydrogen) atoms. The number of aliphatic hydroxyl groups excluding tert-OH is 1. The standard InChI is InChI=1S/C18H16N2O2/c21-11-12-1-3-13(4-2-12)14-5-7-20-8-6-15-17(22)10-19-9-16(14)18(15)20/h1-8,19,21H,9-11H2. The number of aliphatic hydroxyl groups is 1. The third-order valence-corrected chi connectivity index (χ3v) is 4.26.